The summed E-state index contributed by atoms with van der Waals surface area (Å²) >= 11 is 0. The summed E-state index contributed by atoms with van der Waals surface area (Å²) < 4.78 is 12.3. The van der Waals surface area contributed by atoms with Gasteiger partial charge in [0.25, 0.3) is 0 Å². The number of benzene rings is 1. The average molecular weight is 367 g/mol. The predicted octanol–water partition coefficient (Wildman–Crippen LogP) is 2.34. The number of halogens is 1. The highest BCUT2D eigenvalue weighted by Gasteiger charge is 2.31. The summed E-state index contributed by atoms with van der Waals surface area (Å²) in [4.78, 5) is 0. The number of allylic oxidation sites excluding steroid dienone is 1. The monoisotopic (exact) mass is 367 g/mol. The van der Waals surface area contributed by atoms with Crippen molar-refractivity contribution in [2.45, 2.75) is 18.6 Å². The smallest absolute Gasteiger partial charge is 0.124 e. The maximum Gasteiger partial charge on any atom is 0.124 e. The number of hydrazine groups is 1. The number of nitrogens with zero attached hydrogens (tertiary/aromatic N) is 2. The maximum atomic E-state index is 12.3. The maximum absolute atomic E-state index is 12.3. The lowest BCUT2D eigenvalue weighted by Crippen LogP contribution is -2.41. The van der Waals surface area contributed by atoms with Crippen LogP contribution in [0.15, 0.2) is 64.8 Å². The molecule has 3 rings (SSSR count). The van der Waals surface area contributed by atoms with Crippen molar-refractivity contribution >= 4 is 18.6 Å². The fourth-order valence-corrected chi connectivity index (χ4v) is 3.17. The fraction of sp³-hybridized carbons (Fsp3) is 0.211. The number of fused-ring (bicyclic) bond motifs is 1. The second-order valence-corrected chi connectivity index (χ2v) is 6.25. The fourth-order valence-electron chi connectivity index (χ4n) is 3.17. The van der Waals surface area contributed by atoms with Crippen LogP contribution in [0.5, 0.6) is 0 Å². The average Bonchev–Trinajstić information content (AvgIpc) is 3.29. The topological polar surface area (TPSA) is 99.4 Å². The van der Waals surface area contributed by atoms with Crippen molar-refractivity contribution in [2.24, 2.45) is 5.21 Å². The van der Waals surface area contributed by atoms with Crippen molar-refractivity contribution in [1.82, 2.24) is 21.1 Å². The van der Waals surface area contributed by atoms with E-state index in [1.807, 2.05) is 48.6 Å². The lowest BCUT2D eigenvalue weighted by molar-refractivity contribution is 0.232. The quantitative estimate of drug-likeness (QED) is 0.456. The zero-order chi connectivity index (χ0) is 19.2. The van der Waals surface area contributed by atoms with E-state index < -0.39 is 0 Å². The molecular weight excluding hydrogens is 345 g/mol. The molecule has 2 aliphatic rings. The molecule has 0 fully saturated rings. The van der Waals surface area contributed by atoms with E-state index in [9.17, 15) is 4.48 Å². The molecule has 0 saturated heterocycles. The van der Waals surface area contributed by atoms with E-state index in [-0.39, 0.29) is 12.2 Å². The lowest BCUT2D eigenvalue weighted by Gasteiger charge is -2.19. The molecule has 0 spiro atoms. The second kappa shape index (κ2) is 8.41. The molecule has 8 heteroatoms. The predicted molar refractivity (Wildman–Crippen MR) is 105 cm³/mol. The lowest BCUT2D eigenvalue weighted by atomic mass is 10.0. The zero-order valence-electron chi connectivity index (χ0n) is 14.9. The summed E-state index contributed by atoms with van der Waals surface area (Å²) in [6.07, 6.45) is 9.75. The van der Waals surface area contributed by atoms with Crippen LogP contribution in [0, 0.1) is 10.8 Å². The van der Waals surface area contributed by atoms with Crippen molar-refractivity contribution in [2.75, 3.05) is 7.05 Å². The first-order valence-corrected chi connectivity index (χ1v) is 8.54. The highest BCUT2D eigenvalue weighted by atomic mass is 19.2. The normalized spacial score (nSPS) is 20.4. The van der Waals surface area contributed by atoms with E-state index in [1.165, 1.54) is 18.6 Å². The van der Waals surface area contributed by atoms with Gasteiger partial charge in [0, 0.05) is 49.5 Å². The Hall–Kier alpha value is -3.26. The van der Waals surface area contributed by atoms with Gasteiger partial charge in [0.1, 0.15) is 6.17 Å². The summed E-state index contributed by atoms with van der Waals surface area (Å²) in [5.41, 5.74) is 7.51. The van der Waals surface area contributed by atoms with Crippen LogP contribution >= 0.6 is 0 Å². The number of likely N-dealkylation sites (N-methyl/N-ethyl adjacent to an activating group) is 1. The van der Waals surface area contributed by atoms with Gasteiger partial charge in [-0.05, 0) is 29.5 Å². The van der Waals surface area contributed by atoms with Gasteiger partial charge < -0.3 is 26.9 Å². The Morgan fingerprint density at radius 3 is 3.04 bits per heavy atom. The minimum absolute atomic E-state index is 0.0436. The van der Waals surface area contributed by atoms with E-state index in [1.54, 1.807) is 6.20 Å². The Labute approximate surface area is 157 Å². The van der Waals surface area contributed by atoms with Gasteiger partial charge in [0.15, 0.2) is 0 Å². The van der Waals surface area contributed by atoms with Crippen LogP contribution in [0.1, 0.15) is 23.6 Å². The minimum atomic E-state index is -0.239. The van der Waals surface area contributed by atoms with Gasteiger partial charge >= 0.3 is 0 Å². The molecule has 0 radical (unpaired) electrons. The molecule has 2 atom stereocenters. The van der Waals surface area contributed by atoms with Gasteiger partial charge in [-0.25, -0.2) is 0 Å². The highest BCUT2D eigenvalue weighted by molar-refractivity contribution is 5.83. The molecule has 2 aliphatic heterocycles. The first-order valence-electron chi connectivity index (χ1n) is 8.54. The van der Waals surface area contributed by atoms with Crippen LogP contribution in [-0.2, 0) is 0 Å². The molecule has 2 heterocycles. The van der Waals surface area contributed by atoms with Crippen molar-refractivity contribution in [3.8, 4) is 0 Å². The molecule has 1 aromatic rings. The van der Waals surface area contributed by atoms with E-state index in [4.69, 9.17) is 10.8 Å². The van der Waals surface area contributed by atoms with E-state index >= 15 is 0 Å². The minimum Gasteiger partial charge on any atom is -0.383 e. The SMILES string of the molecule is CN1NC(/C(C=N)=C/NC(C/C=N/F)c2cccc(C=N)c2)=C2C=CNC21. The van der Waals surface area contributed by atoms with Gasteiger partial charge in [-0.1, -0.05) is 27.9 Å². The molecule has 0 aliphatic carbocycles. The first kappa shape index (κ1) is 18.5. The molecule has 1 aromatic carbocycles. The molecule has 0 saturated carbocycles. The number of hydrogen-bond donors (Lipinski definition) is 5. The van der Waals surface area contributed by atoms with E-state index in [0.29, 0.717) is 12.0 Å². The van der Waals surface area contributed by atoms with Crippen molar-refractivity contribution in [1.29, 1.82) is 10.8 Å². The number of rotatable bonds is 8. The molecule has 5 N–H and O–H groups in total. The van der Waals surface area contributed by atoms with Crippen LogP contribution in [0.25, 0.3) is 0 Å². The summed E-state index contributed by atoms with van der Waals surface area (Å²) in [7, 11) is 1.93. The molecule has 0 amide bonds. The van der Waals surface area contributed by atoms with Crippen molar-refractivity contribution in [3.05, 3.63) is 70.7 Å². The Kier molecular flexibility index (Phi) is 5.77. The number of hydrogen-bond acceptors (Lipinski definition) is 7. The largest absolute Gasteiger partial charge is 0.383 e. The standard InChI is InChI=1S/C19H22FN7/c1-27-19-16(5-7-23-19)18(26-27)15(11-22)12-24-17(6-8-25-20)14-4-2-3-13(9-14)10-21/h2-5,7-12,17,19,21-24,26H,6H2,1H3/b15-12+,21-10?,22-11?,25-8+. The van der Waals surface area contributed by atoms with Gasteiger partial charge in [-0.15, -0.1) is 0 Å². The van der Waals surface area contributed by atoms with Crippen LogP contribution < -0.4 is 16.1 Å². The van der Waals surface area contributed by atoms with Gasteiger partial charge in [-0.2, -0.15) is 5.01 Å². The highest BCUT2D eigenvalue weighted by Crippen LogP contribution is 2.26. The number of nitrogens with one attached hydrogen (secondary N) is 5. The molecule has 0 aromatic heterocycles. The van der Waals surface area contributed by atoms with Crippen LogP contribution in [0.3, 0.4) is 0 Å². The van der Waals surface area contributed by atoms with E-state index in [0.717, 1.165) is 22.4 Å². The first-order chi connectivity index (χ1) is 13.2. The Morgan fingerprint density at radius 1 is 1.44 bits per heavy atom. The molecule has 0 bridgehead atoms. The third-order valence-corrected chi connectivity index (χ3v) is 4.55. The third-order valence-electron chi connectivity index (χ3n) is 4.55. The van der Waals surface area contributed by atoms with E-state index in [2.05, 4.69) is 21.3 Å². The van der Waals surface area contributed by atoms with Crippen molar-refractivity contribution < 1.29 is 4.48 Å². The molecular formula is C19H22FN7. The van der Waals surface area contributed by atoms with Gasteiger partial charge in [0.05, 0.1) is 11.7 Å². The summed E-state index contributed by atoms with van der Waals surface area (Å²) in [5, 5.41) is 26.2. The summed E-state index contributed by atoms with van der Waals surface area (Å²) in [5.74, 6) is 0. The third kappa shape index (κ3) is 3.95. The summed E-state index contributed by atoms with van der Waals surface area (Å²) in [6.45, 7) is 0. The van der Waals surface area contributed by atoms with Crippen LogP contribution in [-0.4, -0.2) is 36.9 Å². The Balaban J connectivity index is 1.86. The van der Waals surface area contributed by atoms with Gasteiger partial charge in [-0.3, -0.25) is 0 Å². The molecule has 2 unspecified atom stereocenters. The summed E-state index contributed by atoms with van der Waals surface area (Å²) in [6, 6.07) is 7.24. The molecule has 140 valence electrons. The van der Waals surface area contributed by atoms with Crippen molar-refractivity contribution in [3.63, 3.8) is 0 Å². The van der Waals surface area contributed by atoms with Crippen LogP contribution in [0.2, 0.25) is 0 Å². The van der Waals surface area contributed by atoms with Gasteiger partial charge in [0.2, 0.25) is 0 Å². The second-order valence-electron chi connectivity index (χ2n) is 6.25. The zero-order valence-corrected chi connectivity index (χ0v) is 14.9. The van der Waals surface area contributed by atoms with Crippen LogP contribution in [0.4, 0.5) is 4.48 Å². The molecule has 7 nitrogen and oxygen atoms in total. The molecule has 27 heavy (non-hydrogen) atoms. The Morgan fingerprint density at radius 2 is 2.30 bits per heavy atom. The Bertz CT molecular complexity index is 840.